The minimum absolute atomic E-state index is 0.116. The van der Waals surface area contributed by atoms with Crippen LogP contribution in [0.1, 0.15) is 65.2 Å². The van der Waals surface area contributed by atoms with Gasteiger partial charge in [0.05, 0.1) is 6.10 Å². The molecule has 4 aliphatic rings. The van der Waals surface area contributed by atoms with Crippen LogP contribution in [0, 0.1) is 34.5 Å². The topological polar surface area (TPSA) is 37.3 Å². The number of carbonyl (C=O) groups excluding carboxylic acids is 1. The number of aliphatic hydroxyl groups excluding tert-OH is 1. The molecule has 0 amide bonds. The molecule has 1 N–H and O–H groups in total. The molecule has 0 spiro atoms. The van der Waals surface area contributed by atoms with Gasteiger partial charge in [-0.25, -0.2) is 0 Å². The Balaban J connectivity index is 1.70. The number of hydrogen-bond acceptors (Lipinski definition) is 3. The summed E-state index contributed by atoms with van der Waals surface area (Å²) in [5, 5.41) is 11.0. The summed E-state index contributed by atoms with van der Waals surface area (Å²) in [4.78, 5) is 12.0. The Bertz CT molecular complexity index is 570. The fourth-order valence-corrected chi connectivity index (χ4v) is 7.80. The van der Waals surface area contributed by atoms with Crippen LogP contribution >= 0.6 is 12.6 Å². The van der Waals surface area contributed by atoms with Crippen molar-refractivity contribution in [2.24, 2.45) is 34.5 Å². The SMILES string of the molecule is CCC1C[C@H]2[C@@H]3CCC4=CC(=O)CC[C@]4(CS)[C@@H]3CC[C@]2(C)C1O. The first-order valence-electron chi connectivity index (χ1n) is 9.99. The van der Waals surface area contributed by atoms with Crippen LogP contribution in [0.4, 0.5) is 0 Å². The van der Waals surface area contributed by atoms with Crippen LogP contribution < -0.4 is 0 Å². The van der Waals surface area contributed by atoms with Crippen molar-refractivity contribution in [3.63, 3.8) is 0 Å². The Morgan fingerprint density at radius 2 is 2.04 bits per heavy atom. The van der Waals surface area contributed by atoms with E-state index in [-0.39, 0.29) is 16.9 Å². The van der Waals surface area contributed by atoms with Crippen molar-refractivity contribution in [1.82, 2.24) is 0 Å². The normalized spacial score (nSPS) is 50.8. The highest BCUT2D eigenvalue weighted by Gasteiger charge is 2.61. The van der Waals surface area contributed by atoms with E-state index in [0.717, 1.165) is 31.4 Å². The molecule has 0 aliphatic heterocycles. The van der Waals surface area contributed by atoms with Crippen LogP contribution in [0.5, 0.6) is 0 Å². The van der Waals surface area contributed by atoms with Crippen molar-refractivity contribution >= 4 is 18.4 Å². The molecular weight excluding hydrogens is 316 g/mol. The van der Waals surface area contributed by atoms with Gasteiger partial charge in [-0.15, -0.1) is 0 Å². The molecule has 3 fully saturated rings. The van der Waals surface area contributed by atoms with Crippen LogP contribution in [-0.2, 0) is 4.79 Å². The maximum absolute atomic E-state index is 12.0. The number of thiol groups is 1. The van der Waals surface area contributed by atoms with Gasteiger partial charge in [-0.2, -0.15) is 12.6 Å². The second kappa shape index (κ2) is 5.87. The molecule has 4 rings (SSSR count). The first-order valence-corrected chi connectivity index (χ1v) is 10.6. The van der Waals surface area contributed by atoms with Gasteiger partial charge < -0.3 is 5.11 Å². The molecule has 7 atom stereocenters. The molecule has 0 radical (unpaired) electrons. The first-order chi connectivity index (χ1) is 11.5. The van der Waals surface area contributed by atoms with E-state index in [4.69, 9.17) is 12.6 Å². The van der Waals surface area contributed by atoms with E-state index in [0.29, 0.717) is 35.9 Å². The predicted molar refractivity (Wildman–Crippen MR) is 100 cm³/mol. The van der Waals surface area contributed by atoms with Crippen molar-refractivity contribution in [2.75, 3.05) is 5.75 Å². The van der Waals surface area contributed by atoms with Gasteiger partial charge in [-0.3, -0.25) is 4.79 Å². The average Bonchev–Trinajstić information content (AvgIpc) is 2.85. The molecule has 0 aromatic rings. The van der Waals surface area contributed by atoms with Gasteiger partial charge in [0.15, 0.2) is 5.78 Å². The molecular formula is C21H32O2S. The fourth-order valence-electron chi connectivity index (χ4n) is 7.20. The number of rotatable bonds is 2. The van der Waals surface area contributed by atoms with E-state index in [9.17, 15) is 9.90 Å². The highest BCUT2D eigenvalue weighted by Crippen LogP contribution is 2.66. The van der Waals surface area contributed by atoms with E-state index in [2.05, 4.69) is 13.8 Å². The molecule has 3 heteroatoms. The van der Waals surface area contributed by atoms with Gasteiger partial charge in [-0.05, 0) is 79.4 Å². The Morgan fingerprint density at radius 3 is 2.75 bits per heavy atom. The van der Waals surface area contributed by atoms with Gasteiger partial charge in [0.1, 0.15) is 0 Å². The molecule has 0 bridgehead atoms. The molecule has 0 aromatic heterocycles. The van der Waals surface area contributed by atoms with Crippen LogP contribution in [0.3, 0.4) is 0 Å². The summed E-state index contributed by atoms with van der Waals surface area (Å²) in [6.45, 7) is 4.59. The van der Waals surface area contributed by atoms with E-state index < -0.39 is 0 Å². The Morgan fingerprint density at radius 1 is 1.25 bits per heavy atom. The lowest BCUT2D eigenvalue weighted by molar-refractivity contribution is -0.117. The summed E-state index contributed by atoms with van der Waals surface area (Å²) >= 11 is 4.79. The summed E-state index contributed by atoms with van der Waals surface area (Å²) in [5.41, 5.74) is 1.69. The highest BCUT2D eigenvalue weighted by atomic mass is 32.1. The molecule has 24 heavy (non-hydrogen) atoms. The molecule has 3 saturated carbocycles. The summed E-state index contributed by atoms with van der Waals surface area (Å²) in [5.74, 6) is 3.74. The number of allylic oxidation sites excluding steroid dienone is 1. The molecule has 0 saturated heterocycles. The van der Waals surface area contributed by atoms with Gasteiger partial charge >= 0.3 is 0 Å². The van der Waals surface area contributed by atoms with Crippen LogP contribution in [-0.4, -0.2) is 22.7 Å². The third-order valence-corrected chi connectivity index (χ3v) is 9.17. The standard InChI is InChI=1S/C21H32O2S/c1-3-13-10-18-16-5-4-14-11-15(22)6-9-21(14,12-24)17(16)7-8-20(18,2)19(13)23/h11,13,16-19,23-24H,3-10,12H2,1-2H3/t13?,16-,17-,18+,19?,20+,21-/m1/s1. The minimum atomic E-state index is -0.120. The monoisotopic (exact) mass is 348 g/mol. The summed E-state index contributed by atoms with van der Waals surface area (Å²) in [6.07, 6.45) is 10.5. The van der Waals surface area contributed by atoms with Gasteiger partial charge in [-0.1, -0.05) is 25.8 Å². The van der Waals surface area contributed by atoms with Crippen molar-refractivity contribution in [1.29, 1.82) is 0 Å². The van der Waals surface area contributed by atoms with E-state index in [1.807, 2.05) is 6.08 Å². The quantitative estimate of drug-likeness (QED) is 0.725. The molecule has 4 aliphatic carbocycles. The lowest BCUT2D eigenvalue weighted by Gasteiger charge is -2.58. The largest absolute Gasteiger partial charge is 0.392 e. The van der Waals surface area contributed by atoms with Crippen LogP contribution in [0.25, 0.3) is 0 Å². The van der Waals surface area contributed by atoms with E-state index in [1.54, 1.807) is 0 Å². The van der Waals surface area contributed by atoms with Crippen LogP contribution in [0.15, 0.2) is 11.6 Å². The average molecular weight is 349 g/mol. The zero-order valence-corrected chi connectivity index (χ0v) is 16.0. The van der Waals surface area contributed by atoms with Gasteiger partial charge in [0.2, 0.25) is 0 Å². The zero-order valence-electron chi connectivity index (χ0n) is 15.1. The minimum Gasteiger partial charge on any atom is -0.392 e. The number of ketones is 1. The maximum atomic E-state index is 12.0. The Labute approximate surface area is 151 Å². The molecule has 0 heterocycles. The molecule has 2 nitrogen and oxygen atoms in total. The van der Waals surface area contributed by atoms with Gasteiger partial charge in [0, 0.05) is 11.8 Å². The third-order valence-electron chi connectivity index (χ3n) is 8.61. The zero-order chi connectivity index (χ0) is 17.1. The fraction of sp³-hybridized carbons (Fsp3) is 0.857. The maximum Gasteiger partial charge on any atom is 0.155 e. The number of carbonyl (C=O) groups is 1. The van der Waals surface area contributed by atoms with Crippen molar-refractivity contribution < 1.29 is 9.90 Å². The summed E-state index contributed by atoms with van der Waals surface area (Å²) < 4.78 is 0. The highest BCUT2D eigenvalue weighted by molar-refractivity contribution is 7.80. The number of hydrogen-bond donors (Lipinski definition) is 2. The molecule has 134 valence electrons. The second-order valence-corrected chi connectivity index (χ2v) is 9.58. The van der Waals surface area contributed by atoms with Gasteiger partial charge in [0.25, 0.3) is 0 Å². The Kier molecular flexibility index (Phi) is 4.20. The lowest BCUT2D eigenvalue weighted by atomic mass is 9.47. The summed E-state index contributed by atoms with van der Waals surface area (Å²) in [7, 11) is 0. The Hall–Kier alpha value is -0.280. The summed E-state index contributed by atoms with van der Waals surface area (Å²) in [6, 6.07) is 0. The van der Waals surface area contributed by atoms with E-state index in [1.165, 1.54) is 24.8 Å². The first kappa shape index (κ1) is 17.1. The second-order valence-electron chi connectivity index (χ2n) is 9.26. The van der Waals surface area contributed by atoms with Crippen molar-refractivity contribution in [2.45, 2.75) is 71.3 Å². The molecule has 2 unspecified atom stereocenters. The van der Waals surface area contributed by atoms with Crippen molar-refractivity contribution in [3.8, 4) is 0 Å². The number of aliphatic hydroxyl groups is 1. The smallest absolute Gasteiger partial charge is 0.155 e. The number of fused-ring (bicyclic) bond motifs is 5. The lowest BCUT2D eigenvalue weighted by Crippen LogP contribution is -2.53. The molecule has 0 aromatic carbocycles. The van der Waals surface area contributed by atoms with Crippen molar-refractivity contribution in [3.05, 3.63) is 11.6 Å². The van der Waals surface area contributed by atoms with E-state index >= 15 is 0 Å². The van der Waals surface area contributed by atoms with Crippen LogP contribution in [0.2, 0.25) is 0 Å². The third kappa shape index (κ3) is 2.16. The predicted octanol–water partition coefficient (Wildman–Crippen LogP) is 4.43.